The van der Waals surface area contributed by atoms with Gasteiger partial charge in [0.1, 0.15) is 6.04 Å². The van der Waals surface area contributed by atoms with Gasteiger partial charge in [0.2, 0.25) is 11.8 Å². The molecular weight excluding hydrogens is 464 g/mol. The van der Waals surface area contributed by atoms with E-state index in [1.165, 1.54) is 9.58 Å². The standard InChI is InChI=1S/C24H24N8O4/c1-30-19-4-2-3-17(16(19)10-25-30)26-22(34)18-12-32(29-28-18)14-5-6-15-13(9-14)11-31(24(15)36)20-7-8-21(33)27-23(20)35/h5-6,9-10,12,17,20H,2-4,7-8,11H2,1H3,(H,26,34)(H,27,33,35). The van der Waals surface area contributed by atoms with Crippen LogP contribution in [0.15, 0.2) is 30.6 Å². The van der Waals surface area contributed by atoms with E-state index in [0.29, 0.717) is 17.7 Å². The van der Waals surface area contributed by atoms with Gasteiger partial charge in [-0.15, -0.1) is 5.10 Å². The number of nitrogens with one attached hydrogen (secondary N) is 2. The van der Waals surface area contributed by atoms with Crippen LogP contribution in [0.25, 0.3) is 5.69 Å². The van der Waals surface area contributed by atoms with Crippen LogP contribution in [-0.2, 0) is 29.6 Å². The highest BCUT2D eigenvalue weighted by molar-refractivity contribution is 6.05. The Labute approximate surface area is 205 Å². The Hall–Kier alpha value is -4.35. The Morgan fingerprint density at radius 2 is 2.03 bits per heavy atom. The second-order valence-electron chi connectivity index (χ2n) is 9.38. The van der Waals surface area contributed by atoms with Gasteiger partial charge in [-0.05, 0) is 49.4 Å². The van der Waals surface area contributed by atoms with Crippen molar-refractivity contribution < 1.29 is 19.2 Å². The van der Waals surface area contributed by atoms with Gasteiger partial charge >= 0.3 is 0 Å². The molecule has 0 spiro atoms. The highest BCUT2D eigenvalue weighted by atomic mass is 16.2. The number of hydrogen-bond acceptors (Lipinski definition) is 7. The molecule has 2 atom stereocenters. The smallest absolute Gasteiger partial charge is 0.273 e. The monoisotopic (exact) mass is 488 g/mol. The molecule has 0 bridgehead atoms. The number of rotatable bonds is 4. The van der Waals surface area contributed by atoms with Gasteiger partial charge in [-0.1, -0.05) is 5.21 Å². The molecule has 1 saturated heterocycles. The van der Waals surface area contributed by atoms with Gasteiger partial charge in [0.15, 0.2) is 5.69 Å². The molecule has 12 nitrogen and oxygen atoms in total. The van der Waals surface area contributed by atoms with Gasteiger partial charge in [0, 0.05) is 36.8 Å². The van der Waals surface area contributed by atoms with E-state index in [4.69, 9.17) is 0 Å². The van der Waals surface area contributed by atoms with Crippen LogP contribution in [0.4, 0.5) is 0 Å². The second-order valence-corrected chi connectivity index (χ2v) is 9.38. The quantitative estimate of drug-likeness (QED) is 0.511. The molecule has 1 aliphatic carbocycles. The van der Waals surface area contributed by atoms with E-state index < -0.39 is 11.9 Å². The summed E-state index contributed by atoms with van der Waals surface area (Å²) in [5.74, 6) is -1.33. The number of amides is 4. The van der Waals surface area contributed by atoms with Crippen molar-refractivity contribution in [2.75, 3.05) is 0 Å². The molecule has 1 aromatic carbocycles. The van der Waals surface area contributed by atoms with Gasteiger partial charge in [-0.3, -0.25) is 29.2 Å². The molecule has 184 valence electrons. The van der Waals surface area contributed by atoms with Gasteiger partial charge in [0.05, 0.1) is 24.1 Å². The van der Waals surface area contributed by atoms with Crippen LogP contribution in [0, 0.1) is 0 Å². The molecule has 3 aliphatic rings. The van der Waals surface area contributed by atoms with E-state index in [9.17, 15) is 19.2 Å². The predicted octanol–water partition coefficient (Wildman–Crippen LogP) is 0.569. The number of piperidine rings is 1. The summed E-state index contributed by atoms with van der Waals surface area (Å²) >= 11 is 0. The fourth-order valence-electron chi connectivity index (χ4n) is 5.29. The number of benzene rings is 1. The molecule has 4 amide bonds. The third-order valence-electron chi connectivity index (χ3n) is 7.18. The highest BCUT2D eigenvalue weighted by Crippen LogP contribution is 2.30. The van der Waals surface area contributed by atoms with Crippen LogP contribution in [0.5, 0.6) is 0 Å². The fraction of sp³-hybridized carbons (Fsp3) is 0.375. The molecule has 36 heavy (non-hydrogen) atoms. The topological polar surface area (TPSA) is 144 Å². The molecule has 3 aromatic rings. The summed E-state index contributed by atoms with van der Waals surface area (Å²) in [6.45, 7) is 0.255. The van der Waals surface area contributed by atoms with Crippen LogP contribution in [0.2, 0.25) is 0 Å². The van der Waals surface area contributed by atoms with E-state index in [-0.39, 0.29) is 42.4 Å². The van der Waals surface area contributed by atoms with Crippen LogP contribution >= 0.6 is 0 Å². The lowest BCUT2D eigenvalue weighted by molar-refractivity contribution is -0.136. The maximum Gasteiger partial charge on any atom is 0.273 e. The average molecular weight is 489 g/mol. The number of carbonyl (C=O) groups excluding carboxylic acids is 4. The first-order valence-corrected chi connectivity index (χ1v) is 11.9. The predicted molar refractivity (Wildman–Crippen MR) is 124 cm³/mol. The summed E-state index contributed by atoms with van der Waals surface area (Å²) in [7, 11) is 1.91. The summed E-state index contributed by atoms with van der Waals surface area (Å²) in [4.78, 5) is 51.0. The molecule has 1 fully saturated rings. The van der Waals surface area contributed by atoms with Crippen LogP contribution in [0.3, 0.4) is 0 Å². The first-order chi connectivity index (χ1) is 17.4. The highest BCUT2D eigenvalue weighted by Gasteiger charge is 2.39. The van der Waals surface area contributed by atoms with E-state index in [1.54, 1.807) is 30.6 Å². The molecule has 0 radical (unpaired) electrons. The zero-order valence-corrected chi connectivity index (χ0v) is 19.6. The normalized spacial score (nSPS) is 21.2. The third-order valence-corrected chi connectivity index (χ3v) is 7.18. The van der Waals surface area contributed by atoms with Crippen molar-refractivity contribution in [3.05, 3.63) is 58.7 Å². The van der Waals surface area contributed by atoms with Gasteiger partial charge in [-0.25, -0.2) is 4.68 Å². The maximum absolute atomic E-state index is 12.9. The van der Waals surface area contributed by atoms with E-state index in [2.05, 4.69) is 26.0 Å². The summed E-state index contributed by atoms with van der Waals surface area (Å²) in [5.41, 5.74) is 4.25. The number of fused-ring (bicyclic) bond motifs is 2. The van der Waals surface area contributed by atoms with Crippen molar-refractivity contribution in [1.82, 2.24) is 40.3 Å². The number of carbonyl (C=O) groups is 4. The minimum absolute atomic E-state index is 0.121. The largest absolute Gasteiger partial charge is 0.344 e. The number of nitrogens with zero attached hydrogens (tertiary/aromatic N) is 6. The van der Waals surface area contributed by atoms with Crippen molar-refractivity contribution in [2.24, 2.45) is 7.05 Å². The number of aromatic nitrogens is 5. The molecule has 2 aliphatic heterocycles. The minimum atomic E-state index is -0.673. The van der Waals surface area contributed by atoms with E-state index in [0.717, 1.165) is 36.1 Å². The van der Waals surface area contributed by atoms with Gasteiger partial charge < -0.3 is 10.2 Å². The number of hydrogen-bond donors (Lipinski definition) is 2. The summed E-state index contributed by atoms with van der Waals surface area (Å²) < 4.78 is 3.34. The molecule has 12 heteroatoms. The first-order valence-electron chi connectivity index (χ1n) is 11.9. The Morgan fingerprint density at radius 3 is 2.86 bits per heavy atom. The molecule has 4 heterocycles. The summed E-state index contributed by atoms with van der Waals surface area (Å²) in [6, 6.07) is 4.42. The lowest BCUT2D eigenvalue weighted by atomic mass is 9.93. The van der Waals surface area contributed by atoms with Crippen molar-refractivity contribution in [2.45, 2.75) is 50.7 Å². The lowest BCUT2D eigenvalue weighted by Gasteiger charge is -2.29. The van der Waals surface area contributed by atoms with Gasteiger partial charge in [-0.2, -0.15) is 5.10 Å². The zero-order chi connectivity index (χ0) is 25.0. The number of imide groups is 1. The molecule has 2 aromatic heterocycles. The van der Waals surface area contributed by atoms with Crippen molar-refractivity contribution in [3.8, 4) is 5.69 Å². The Kier molecular flexibility index (Phi) is 5.16. The minimum Gasteiger partial charge on any atom is -0.344 e. The van der Waals surface area contributed by atoms with E-state index >= 15 is 0 Å². The van der Waals surface area contributed by atoms with Crippen molar-refractivity contribution in [3.63, 3.8) is 0 Å². The first kappa shape index (κ1) is 22.1. The second kappa shape index (κ2) is 8.40. The molecule has 0 saturated carbocycles. The molecule has 2 N–H and O–H groups in total. The lowest BCUT2D eigenvalue weighted by Crippen LogP contribution is -2.52. The van der Waals surface area contributed by atoms with Crippen molar-refractivity contribution >= 4 is 23.6 Å². The summed E-state index contributed by atoms with van der Waals surface area (Å²) in [6.07, 6.45) is 6.61. The number of aryl methyl sites for hydroxylation is 1. The van der Waals surface area contributed by atoms with Crippen LogP contribution < -0.4 is 10.6 Å². The Bertz CT molecular complexity index is 1420. The fourth-order valence-corrected chi connectivity index (χ4v) is 5.29. The van der Waals surface area contributed by atoms with E-state index in [1.807, 2.05) is 11.7 Å². The van der Waals surface area contributed by atoms with Gasteiger partial charge in [0.25, 0.3) is 11.8 Å². The average Bonchev–Trinajstić information content (AvgIpc) is 3.58. The Balaban J connectivity index is 1.18. The van der Waals surface area contributed by atoms with Crippen LogP contribution in [0.1, 0.15) is 69.4 Å². The van der Waals surface area contributed by atoms with Crippen molar-refractivity contribution in [1.29, 1.82) is 0 Å². The zero-order valence-electron chi connectivity index (χ0n) is 19.6. The van der Waals surface area contributed by atoms with Crippen LogP contribution in [-0.4, -0.2) is 59.3 Å². The SMILES string of the molecule is Cn1ncc2c1CCCC2NC(=O)c1cn(-c2ccc3c(c2)CN(C2CCC(=O)NC2=O)C3=O)nn1. The Morgan fingerprint density at radius 1 is 1.17 bits per heavy atom. The molecule has 2 unspecified atom stereocenters. The molecule has 6 rings (SSSR count). The summed E-state index contributed by atoms with van der Waals surface area (Å²) in [5, 5.41) is 17.8. The third kappa shape index (κ3) is 3.65. The molecular formula is C24H24N8O4. The maximum atomic E-state index is 12.9.